The molecule has 21 heavy (non-hydrogen) atoms. The zero-order valence-electron chi connectivity index (χ0n) is 12.8. The molecule has 1 atom stereocenters. The van der Waals surface area contributed by atoms with Crippen LogP contribution in [0.15, 0.2) is 48.5 Å². The van der Waals surface area contributed by atoms with Crippen molar-refractivity contribution in [3.05, 3.63) is 65.2 Å². The Morgan fingerprint density at radius 2 is 1.33 bits per heavy atom. The van der Waals surface area contributed by atoms with Gasteiger partial charge in [0.1, 0.15) is 5.75 Å². The first-order valence-corrected chi connectivity index (χ1v) is 8.05. The molecule has 1 nitrogen and oxygen atoms in total. The fourth-order valence-electron chi connectivity index (χ4n) is 2.52. The van der Waals surface area contributed by atoms with E-state index in [2.05, 4.69) is 43.3 Å². The third-order valence-corrected chi connectivity index (χ3v) is 4.29. The molecule has 0 aliphatic heterocycles. The highest BCUT2D eigenvalue weighted by molar-refractivity contribution is 6.18. The molecule has 2 rings (SSSR count). The Bertz CT molecular complexity index is 481. The van der Waals surface area contributed by atoms with Crippen LogP contribution >= 0.6 is 11.6 Å². The number of hydrogen-bond donors (Lipinski definition) is 0. The molecule has 1 unspecified atom stereocenters. The van der Waals surface area contributed by atoms with Gasteiger partial charge >= 0.3 is 0 Å². The van der Waals surface area contributed by atoms with Gasteiger partial charge in [-0.25, -0.2) is 0 Å². The summed E-state index contributed by atoms with van der Waals surface area (Å²) >= 11 is 6.16. The summed E-state index contributed by atoms with van der Waals surface area (Å²) in [5.74, 6) is 2.05. The molecule has 0 aromatic heterocycles. The van der Waals surface area contributed by atoms with Gasteiger partial charge in [0.05, 0.1) is 7.11 Å². The highest BCUT2D eigenvalue weighted by Gasteiger charge is 2.10. The van der Waals surface area contributed by atoms with E-state index in [1.165, 1.54) is 16.7 Å². The molecule has 0 amide bonds. The molecule has 0 bridgehead atoms. The monoisotopic (exact) mass is 302 g/mol. The van der Waals surface area contributed by atoms with Gasteiger partial charge in [-0.15, -0.1) is 11.6 Å². The maximum absolute atomic E-state index is 6.16. The summed E-state index contributed by atoms with van der Waals surface area (Å²) in [6, 6.07) is 17.2. The van der Waals surface area contributed by atoms with Gasteiger partial charge in [0.15, 0.2) is 0 Å². The first-order chi connectivity index (χ1) is 10.2. The van der Waals surface area contributed by atoms with E-state index in [1.54, 1.807) is 7.11 Å². The molecule has 0 saturated heterocycles. The standard InChI is InChI=1S/C19H23ClO/c1-3-15-4-6-16(7-5-15)12-18(14-20)13-17-8-10-19(21-2)11-9-17/h4-11,18H,3,12-14H2,1-2H3. The number of benzene rings is 2. The number of alkyl halides is 1. The normalized spacial score (nSPS) is 12.1. The van der Waals surface area contributed by atoms with Crippen LogP contribution in [0.3, 0.4) is 0 Å². The summed E-state index contributed by atoms with van der Waals surface area (Å²) in [7, 11) is 1.69. The van der Waals surface area contributed by atoms with E-state index in [0.717, 1.165) is 25.0 Å². The van der Waals surface area contributed by atoms with Crippen molar-refractivity contribution < 1.29 is 4.74 Å². The van der Waals surface area contributed by atoms with Gasteiger partial charge in [-0.1, -0.05) is 43.3 Å². The average molecular weight is 303 g/mol. The summed E-state index contributed by atoms with van der Waals surface area (Å²) in [6.07, 6.45) is 3.12. The van der Waals surface area contributed by atoms with E-state index in [4.69, 9.17) is 16.3 Å². The second-order valence-electron chi connectivity index (χ2n) is 5.45. The van der Waals surface area contributed by atoms with Crippen LogP contribution in [0.1, 0.15) is 23.6 Å². The van der Waals surface area contributed by atoms with Crippen molar-refractivity contribution in [1.82, 2.24) is 0 Å². The maximum Gasteiger partial charge on any atom is 0.118 e. The quantitative estimate of drug-likeness (QED) is 0.661. The zero-order valence-corrected chi connectivity index (χ0v) is 13.6. The molecule has 0 N–H and O–H groups in total. The minimum Gasteiger partial charge on any atom is -0.497 e. The van der Waals surface area contributed by atoms with Gasteiger partial charge in [-0.2, -0.15) is 0 Å². The van der Waals surface area contributed by atoms with Crippen LogP contribution in [0.5, 0.6) is 5.75 Å². The largest absolute Gasteiger partial charge is 0.497 e. The van der Waals surface area contributed by atoms with E-state index < -0.39 is 0 Å². The van der Waals surface area contributed by atoms with Crippen molar-refractivity contribution in [2.75, 3.05) is 13.0 Å². The number of methoxy groups -OCH3 is 1. The van der Waals surface area contributed by atoms with Gasteiger partial charge in [-0.05, 0) is 54.0 Å². The molecule has 0 fully saturated rings. The predicted octanol–water partition coefficient (Wildman–Crippen LogP) is 4.90. The molecule has 0 heterocycles. The summed E-state index contributed by atoms with van der Waals surface area (Å²) in [5, 5.41) is 0. The smallest absolute Gasteiger partial charge is 0.118 e. The van der Waals surface area contributed by atoms with Crippen molar-refractivity contribution in [2.45, 2.75) is 26.2 Å². The van der Waals surface area contributed by atoms with E-state index in [-0.39, 0.29) is 0 Å². The van der Waals surface area contributed by atoms with Gasteiger partial charge in [0.2, 0.25) is 0 Å². The fourth-order valence-corrected chi connectivity index (χ4v) is 2.74. The molecule has 0 spiro atoms. The van der Waals surface area contributed by atoms with Crippen LogP contribution in [0.25, 0.3) is 0 Å². The van der Waals surface area contributed by atoms with Crippen molar-refractivity contribution in [2.24, 2.45) is 5.92 Å². The molecule has 2 aromatic carbocycles. The van der Waals surface area contributed by atoms with Crippen molar-refractivity contribution in [3.63, 3.8) is 0 Å². The molecule has 0 saturated carbocycles. The molecule has 112 valence electrons. The summed E-state index contributed by atoms with van der Waals surface area (Å²) < 4.78 is 5.19. The zero-order chi connectivity index (χ0) is 15.1. The van der Waals surface area contributed by atoms with Gasteiger partial charge in [0, 0.05) is 5.88 Å². The molecule has 0 aliphatic carbocycles. The lowest BCUT2D eigenvalue weighted by molar-refractivity contribution is 0.414. The van der Waals surface area contributed by atoms with Crippen molar-refractivity contribution in [1.29, 1.82) is 0 Å². The topological polar surface area (TPSA) is 9.23 Å². The van der Waals surface area contributed by atoms with E-state index >= 15 is 0 Å². The lowest BCUT2D eigenvalue weighted by atomic mass is 9.93. The Kier molecular flexibility index (Phi) is 6.13. The average Bonchev–Trinajstić information content (AvgIpc) is 2.55. The number of aryl methyl sites for hydroxylation is 1. The van der Waals surface area contributed by atoms with Crippen LogP contribution in [0.2, 0.25) is 0 Å². The molecule has 0 radical (unpaired) electrons. The van der Waals surface area contributed by atoms with E-state index in [0.29, 0.717) is 11.8 Å². The van der Waals surface area contributed by atoms with Crippen LogP contribution in [-0.4, -0.2) is 13.0 Å². The third kappa shape index (κ3) is 4.78. The number of rotatable bonds is 7. The lowest BCUT2D eigenvalue weighted by Gasteiger charge is -2.14. The fraction of sp³-hybridized carbons (Fsp3) is 0.368. The maximum atomic E-state index is 6.16. The highest BCUT2D eigenvalue weighted by atomic mass is 35.5. The van der Waals surface area contributed by atoms with Crippen molar-refractivity contribution >= 4 is 11.6 Å². The Balaban J connectivity index is 1.98. The first-order valence-electron chi connectivity index (χ1n) is 7.51. The van der Waals surface area contributed by atoms with Crippen molar-refractivity contribution in [3.8, 4) is 5.75 Å². The molecular formula is C19H23ClO. The SMILES string of the molecule is CCc1ccc(CC(CCl)Cc2ccc(OC)cc2)cc1. The summed E-state index contributed by atoms with van der Waals surface area (Å²) in [6.45, 7) is 2.18. The Morgan fingerprint density at radius 1 is 0.857 bits per heavy atom. The highest BCUT2D eigenvalue weighted by Crippen LogP contribution is 2.19. The lowest BCUT2D eigenvalue weighted by Crippen LogP contribution is -2.10. The molecule has 2 heteroatoms. The van der Waals surface area contributed by atoms with Gasteiger partial charge < -0.3 is 4.74 Å². The molecule has 2 aromatic rings. The second-order valence-corrected chi connectivity index (χ2v) is 5.76. The van der Waals surface area contributed by atoms with Crippen LogP contribution < -0.4 is 4.74 Å². The minimum atomic E-state index is 0.465. The van der Waals surface area contributed by atoms with E-state index in [1.807, 2.05) is 12.1 Å². The van der Waals surface area contributed by atoms with Gasteiger partial charge in [0.25, 0.3) is 0 Å². The summed E-state index contributed by atoms with van der Waals surface area (Å²) in [5.41, 5.74) is 4.06. The molecular weight excluding hydrogens is 280 g/mol. The Morgan fingerprint density at radius 3 is 1.76 bits per heavy atom. The number of ether oxygens (including phenoxy) is 1. The van der Waals surface area contributed by atoms with Crippen LogP contribution in [0, 0.1) is 5.92 Å². The Hall–Kier alpha value is -1.47. The van der Waals surface area contributed by atoms with Gasteiger partial charge in [-0.3, -0.25) is 0 Å². The van der Waals surface area contributed by atoms with E-state index in [9.17, 15) is 0 Å². The minimum absolute atomic E-state index is 0.465. The first kappa shape index (κ1) is 15.9. The summed E-state index contributed by atoms with van der Waals surface area (Å²) in [4.78, 5) is 0. The second kappa shape index (κ2) is 8.09. The predicted molar refractivity (Wildman–Crippen MR) is 90.4 cm³/mol. The van der Waals surface area contributed by atoms with Crippen LogP contribution in [0.4, 0.5) is 0 Å². The van der Waals surface area contributed by atoms with Crippen LogP contribution in [-0.2, 0) is 19.3 Å². The molecule has 0 aliphatic rings. The number of halogens is 1. The Labute approximate surface area is 132 Å². The number of hydrogen-bond acceptors (Lipinski definition) is 1. The third-order valence-electron chi connectivity index (χ3n) is 3.86.